The highest BCUT2D eigenvalue weighted by Gasteiger charge is 2.26. The van der Waals surface area contributed by atoms with E-state index in [4.69, 9.17) is 9.47 Å². The number of phenols is 1. The predicted octanol–water partition coefficient (Wildman–Crippen LogP) is 7.95. The van der Waals surface area contributed by atoms with Gasteiger partial charge in [-0.1, -0.05) is 65.8 Å². The molecular weight excluding hydrogens is 587 g/mol. The first-order chi connectivity index (χ1) is 19.2. The van der Waals surface area contributed by atoms with Crippen molar-refractivity contribution in [1.29, 1.82) is 0 Å². The second-order valence-electron chi connectivity index (χ2n) is 12.0. The zero-order valence-corrected chi connectivity index (χ0v) is 26.5. The lowest BCUT2D eigenvalue weighted by Crippen LogP contribution is -2.20. The second-order valence-corrected chi connectivity index (χ2v) is 12.9. The van der Waals surface area contributed by atoms with Crippen molar-refractivity contribution in [3.05, 3.63) is 86.6 Å². The highest BCUT2D eigenvalue weighted by Crippen LogP contribution is 2.40. The van der Waals surface area contributed by atoms with Crippen molar-refractivity contribution in [2.45, 2.75) is 78.7 Å². The zero-order chi connectivity index (χ0) is 30.4. The minimum atomic E-state index is -0.301. The summed E-state index contributed by atoms with van der Waals surface area (Å²) in [6.45, 7) is 15.0. The predicted molar refractivity (Wildman–Crippen MR) is 166 cm³/mol. The summed E-state index contributed by atoms with van der Waals surface area (Å²) in [5.41, 5.74) is 6.41. The number of aryl methyl sites for hydroxylation is 1. The normalized spacial score (nSPS) is 12.0. The number of amides is 1. The van der Waals surface area contributed by atoms with Gasteiger partial charge >= 0.3 is 0 Å². The summed E-state index contributed by atoms with van der Waals surface area (Å²) in [5.74, 6) is 0.855. The Balaban J connectivity index is 1.67. The fourth-order valence-corrected chi connectivity index (χ4v) is 4.85. The molecule has 0 spiro atoms. The van der Waals surface area contributed by atoms with Crippen LogP contribution >= 0.6 is 15.9 Å². The minimum absolute atomic E-state index is 0.215. The molecule has 0 unspecified atom stereocenters. The Morgan fingerprint density at radius 3 is 2.15 bits per heavy atom. The minimum Gasteiger partial charge on any atom is -0.507 e. The van der Waals surface area contributed by atoms with Crippen LogP contribution in [0.1, 0.15) is 82.7 Å². The van der Waals surface area contributed by atoms with Crippen LogP contribution in [0.15, 0.2) is 58.1 Å². The van der Waals surface area contributed by atoms with E-state index in [-0.39, 0.29) is 35.6 Å². The van der Waals surface area contributed by atoms with Gasteiger partial charge in [-0.3, -0.25) is 4.79 Å². The summed E-state index contributed by atoms with van der Waals surface area (Å²) >= 11 is 3.54. The van der Waals surface area contributed by atoms with Crippen LogP contribution in [0.4, 0.5) is 4.39 Å². The summed E-state index contributed by atoms with van der Waals surface area (Å²) in [4.78, 5) is 12.6. The Hall–Kier alpha value is -3.39. The first-order valence-electron chi connectivity index (χ1n) is 13.7. The van der Waals surface area contributed by atoms with Crippen LogP contribution in [0.25, 0.3) is 0 Å². The van der Waals surface area contributed by atoms with Gasteiger partial charge in [0.2, 0.25) is 5.91 Å². The van der Waals surface area contributed by atoms with Crippen LogP contribution < -0.4 is 14.9 Å². The SMILES string of the molecule is CCOc1cc(/C=N\NC(=O)CCc2cc(C(C)(C)C)c(O)c(C(C)(C)C)c2)cc(Br)c1OCc1ccc(F)cc1. The molecule has 0 saturated heterocycles. The largest absolute Gasteiger partial charge is 0.507 e. The number of benzene rings is 3. The fraction of sp³-hybridized carbons (Fsp3) is 0.394. The van der Waals surface area contributed by atoms with Crippen LogP contribution in [0, 0.1) is 5.82 Å². The van der Waals surface area contributed by atoms with Crippen molar-refractivity contribution in [2.75, 3.05) is 6.61 Å². The van der Waals surface area contributed by atoms with Gasteiger partial charge in [0, 0.05) is 6.42 Å². The standard InChI is InChI=1S/C33H40BrFN2O4/c1-8-40-28-18-23(17-27(34)31(28)41-20-21-9-12-24(35)13-10-21)19-36-37-29(38)14-11-22-15-25(32(2,3)4)30(39)26(16-22)33(5,6)7/h9-10,12-13,15-19,39H,8,11,14,20H2,1-7H3,(H,37,38)/b36-19-. The van der Waals surface area contributed by atoms with Gasteiger partial charge in [-0.2, -0.15) is 5.10 Å². The molecule has 0 aromatic heterocycles. The number of rotatable bonds is 10. The smallest absolute Gasteiger partial charge is 0.240 e. The molecule has 2 N–H and O–H groups in total. The van der Waals surface area contributed by atoms with Crippen molar-refractivity contribution < 1.29 is 23.8 Å². The van der Waals surface area contributed by atoms with E-state index in [0.717, 1.165) is 22.3 Å². The van der Waals surface area contributed by atoms with E-state index < -0.39 is 0 Å². The van der Waals surface area contributed by atoms with Crippen LogP contribution in [-0.4, -0.2) is 23.8 Å². The number of hydrogen-bond acceptors (Lipinski definition) is 5. The summed E-state index contributed by atoms with van der Waals surface area (Å²) in [7, 11) is 0. The molecule has 3 aromatic rings. The molecule has 0 aliphatic carbocycles. The van der Waals surface area contributed by atoms with Crippen molar-refractivity contribution in [3.8, 4) is 17.2 Å². The number of phenolic OH excluding ortho intramolecular Hbond substituents is 1. The monoisotopic (exact) mass is 626 g/mol. The van der Waals surface area contributed by atoms with Crippen molar-refractivity contribution in [2.24, 2.45) is 5.10 Å². The maximum absolute atomic E-state index is 13.2. The average molecular weight is 628 g/mol. The average Bonchev–Trinajstić information content (AvgIpc) is 2.87. The van der Waals surface area contributed by atoms with Crippen LogP contribution in [-0.2, 0) is 28.7 Å². The number of nitrogens with one attached hydrogen (secondary N) is 1. The Labute approximate surface area is 251 Å². The van der Waals surface area contributed by atoms with Crippen molar-refractivity contribution >= 4 is 28.1 Å². The van der Waals surface area contributed by atoms with Gasteiger partial charge in [0.25, 0.3) is 0 Å². The molecule has 0 radical (unpaired) electrons. The Bertz CT molecular complexity index is 1360. The molecule has 3 aromatic carbocycles. The molecule has 8 heteroatoms. The van der Waals surface area contributed by atoms with Crippen molar-refractivity contribution in [1.82, 2.24) is 5.43 Å². The lowest BCUT2D eigenvalue weighted by Gasteiger charge is -2.28. The third-order valence-corrected chi connectivity index (χ3v) is 7.05. The number of ether oxygens (including phenoxy) is 2. The maximum atomic E-state index is 13.2. The summed E-state index contributed by atoms with van der Waals surface area (Å²) < 4.78 is 25.6. The second kappa shape index (κ2) is 13.5. The van der Waals surface area contributed by atoms with E-state index >= 15 is 0 Å². The van der Waals surface area contributed by atoms with E-state index in [0.29, 0.717) is 40.3 Å². The molecule has 0 fully saturated rings. The molecule has 0 aliphatic heterocycles. The maximum Gasteiger partial charge on any atom is 0.240 e. The molecule has 0 aliphatic rings. The topological polar surface area (TPSA) is 80.2 Å². The number of carbonyl (C=O) groups excluding carboxylic acids is 1. The first kappa shape index (κ1) is 32.1. The molecule has 220 valence electrons. The third kappa shape index (κ3) is 9.05. The number of carbonyl (C=O) groups is 1. The van der Waals surface area contributed by atoms with E-state index in [1.165, 1.54) is 12.1 Å². The summed E-state index contributed by atoms with van der Waals surface area (Å²) in [5, 5.41) is 15.1. The Morgan fingerprint density at radius 2 is 1.59 bits per heavy atom. The van der Waals surface area contributed by atoms with Gasteiger partial charge in [-0.15, -0.1) is 0 Å². The lowest BCUT2D eigenvalue weighted by molar-refractivity contribution is -0.121. The fourth-order valence-electron chi connectivity index (χ4n) is 4.28. The molecular formula is C33H40BrFN2O4. The number of halogens is 2. The summed E-state index contributed by atoms with van der Waals surface area (Å²) in [6.07, 6.45) is 2.32. The molecule has 0 heterocycles. The highest BCUT2D eigenvalue weighted by atomic mass is 79.9. The zero-order valence-electron chi connectivity index (χ0n) is 24.9. The van der Waals surface area contributed by atoms with Gasteiger partial charge in [-0.05, 0) is 92.2 Å². The number of aromatic hydroxyl groups is 1. The van der Waals surface area contributed by atoms with Crippen LogP contribution in [0.5, 0.6) is 17.2 Å². The first-order valence-corrected chi connectivity index (χ1v) is 14.5. The third-order valence-electron chi connectivity index (χ3n) is 6.46. The number of hydrogen-bond donors (Lipinski definition) is 2. The quantitative estimate of drug-likeness (QED) is 0.177. The van der Waals surface area contributed by atoms with Crippen LogP contribution in [0.3, 0.4) is 0 Å². The highest BCUT2D eigenvalue weighted by molar-refractivity contribution is 9.10. The van der Waals surface area contributed by atoms with Crippen molar-refractivity contribution in [3.63, 3.8) is 0 Å². The Morgan fingerprint density at radius 1 is 0.976 bits per heavy atom. The molecule has 0 bridgehead atoms. The van der Waals surface area contributed by atoms with Gasteiger partial charge in [0.05, 0.1) is 17.3 Å². The van der Waals surface area contributed by atoms with E-state index in [9.17, 15) is 14.3 Å². The molecule has 0 atom stereocenters. The molecule has 6 nitrogen and oxygen atoms in total. The van der Waals surface area contributed by atoms with E-state index in [1.807, 2.05) is 25.1 Å². The van der Waals surface area contributed by atoms with Gasteiger partial charge < -0.3 is 14.6 Å². The van der Waals surface area contributed by atoms with Gasteiger partial charge in [0.15, 0.2) is 11.5 Å². The van der Waals surface area contributed by atoms with Crippen LogP contribution in [0.2, 0.25) is 0 Å². The van der Waals surface area contributed by atoms with Gasteiger partial charge in [-0.25, -0.2) is 9.82 Å². The Kier molecular flexibility index (Phi) is 10.6. The summed E-state index contributed by atoms with van der Waals surface area (Å²) in [6, 6.07) is 13.7. The van der Waals surface area contributed by atoms with Gasteiger partial charge in [0.1, 0.15) is 18.2 Å². The molecule has 3 rings (SSSR count). The lowest BCUT2D eigenvalue weighted by atomic mass is 9.78. The van der Waals surface area contributed by atoms with E-state index in [2.05, 4.69) is 68.0 Å². The van der Waals surface area contributed by atoms with E-state index in [1.54, 1.807) is 24.4 Å². The number of hydrazone groups is 1. The molecule has 0 saturated carbocycles. The molecule has 41 heavy (non-hydrogen) atoms. The molecule has 1 amide bonds. The number of nitrogens with zero attached hydrogens (tertiary/aromatic N) is 1.